The first kappa shape index (κ1) is 10.5. The number of hydrogen-bond acceptors (Lipinski definition) is 2. The van der Waals surface area contributed by atoms with Gasteiger partial charge >= 0.3 is 0 Å². The maximum atomic E-state index is 11.5. The van der Waals surface area contributed by atoms with Crippen LogP contribution in [0.1, 0.15) is 31.1 Å². The molecule has 4 heteroatoms. The number of carbonyl (C=O) groups excluding carboxylic acids is 1. The van der Waals surface area contributed by atoms with Gasteiger partial charge in [0.25, 0.3) is 5.91 Å². The number of amides is 1. The Balaban J connectivity index is 2.81. The van der Waals surface area contributed by atoms with Crippen LogP contribution in [0.4, 0.5) is 0 Å². The standard InChI is InChI=1S/C10H14N2O2/c1-10(2,3)12-9(14)7-4-5-8(13)11-6-7/h4-6H,1-3H3,(H,11,13)(H,12,14). The van der Waals surface area contributed by atoms with Gasteiger partial charge in [-0.05, 0) is 26.8 Å². The summed E-state index contributed by atoms with van der Waals surface area (Å²) in [7, 11) is 0. The number of rotatable bonds is 1. The van der Waals surface area contributed by atoms with Crippen LogP contribution in [0, 0.1) is 0 Å². The van der Waals surface area contributed by atoms with Crippen LogP contribution in [-0.4, -0.2) is 16.4 Å². The van der Waals surface area contributed by atoms with Crippen LogP contribution in [0.25, 0.3) is 0 Å². The highest BCUT2D eigenvalue weighted by Crippen LogP contribution is 2.01. The van der Waals surface area contributed by atoms with Crippen molar-refractivity contribution in [2.24, 2.45) is 0 Å². The molecule has 0 saturated heterocycles. The molecule has 1 heterocycles. The van der Waals surface area contributed by atoms with Crippen LogP contribution in [-0.2, 0) is 0 Å². The minimum absolute atomic E-state index is 0.186. The monoisotopic (exact) mass is 194 g/mol. The fourth-order valence-electron chi connectivity index (χ4n) is 0.965. The SMILES string of the molecule is CC(C)(C)NC(=O)c1ccc(=O)[nH]c1. The molecule has 0 aliphatic rings. The number of carbonyl (C=O) groups is 1. The van der Waals surface area contributed by atoms with Crippen molar-refractivity contribution in [3.63, 3.8) is 0 Å². The molecule has 0 aliphatic heterocycles. The van der Waals surface area contributed by atoms with Crippen LogP contribution in [0.2, 0.25) is 0 Å². The number of aromatic amines is 1. The molecule has 0 unspecified atom stereocenters. The van der Waals surface area contributed by atoms with E-state index in [9.17, 15) is 9.59 Å². The Labute approximate surface area is 82.3 Å². The molecular formula is C10H14N2O2. The zero-order valence-corrected chi connectivity index (χ0v) is 8.55. The molecule has 1 rings (SSSR count). The molecule has 1 aromatic rings. The van der Waals surface area contributed by atoms with E-state index in [0.717, 1.165) is 0 Å². The Morgan fingerprint density at radius 2 is 2.00 bits per heavy atom. The van der Waals surface area contributed by atoms with E-state index in [4.69, 9.17) is 0 Å². The van der Waals surface area contributed by atoms with Gasteiger partial charge < -0.3 is 10.3 Å². The van der Waals surface area contributed by atoms with Crippen LogP contribution in [0.3, 0.4) is 0 Å². The molecule has 0 aliphatic carbocycles. The van der Waals surface area contributed by atoms with Crippen molar-refractivity contribution in [3.05, 3.63) is 34.2 Å². The largest absolute Gasteiger partial charge is 0.347 e. The summed E-state index contributed by atoms with van der Waals surface area (Å²) >= 11 is 0. The molecule has 0 fully saturated rings. The second-order valence-corrected chi connectivity index (χ2v) is 4.15. The number of pyridine rings is 1. The van der Waals surface area contributed by atoms with Gasteiger partial charge in [-0.2, -0.15) is 0 Å². The van der Waals surface area contributed by atoms with Crippen molar-refractivity contribution in [1.82, 2.24) is 10.3 Å². The van der Waals surface area contributed by atoms with Gasteiger partial charge in [-0.25, -0.2) is 0 Å². The Bertz CT molecular complexity index is 367. The third-order valence-electron chi connectivity index (χ3n) is 1.53. The Kier molecular flexibility index (Phi) is 2.74. The van der Waals surface area contributed by atoms with Crippen LogP contribution >= 0.6 is 0 Å². The molecule has 0 bridgehead atoms. The van der Waals surface area contributed by atoms with Crippen molar-refractivity contribution in [3.8, 4) is 0 Å². The van der Waals surface area contributed by atoms with Gasteiger partial charge in [-0.3, -0.25) is 9.59 Å². The molecule has 4 nitrogen and oxygen atoms in total. The number of aromatic nitrogens is 1. The van der Waals surface area contributed by atoms with E-state index in [0.29, 0.717) is 5.56 Å². The predicted molar refractivity (Wildman–Crippen MR) is 54.3 cm³/mol. The molecule has 2 N–H and O–H groups in total. The highest BCUT2D eigenvalue weighted by atomic mass is 16.2. The molecule has 1 aromatic heterocycles. The van der Waals surface area contributed by atoms with E-state index in [1.54, 1.807) is 0 Å². The van der Waals surface area contributed by atoms with Crippen molar-refractivity contribution >= 4 is 5.91 Å². The van der Waals surface area contributed by atoms with Crippen LogP contribution in [0.15, 0.2) is 23.1 Å². The van der Waals surface area contributed by atoms with Gasteiger partial charge in [0, 0.05) is 17.8 Å². The summed E-state index contributed by atoms with van der Waals surface area (Å²) in [6, 6.07) is 2.83. The van der Waals surface area contributed by atoms with Gasteiger partial charge in [-0.1, -0.05) is 0 Å². The molecule has 0 saturated carbocycles. The highest BCUT2D eigenvalue weighted by Gasteiger charge is 2.14. The van der Waals surface area contributed by atoms with Gasteiger partial charge in [0.05, 0.1) is 5.56 Å². The van der Waals surface area contributed by atoms with Gasteiger partial charge in [-0.15, -0.1) is 0 Å². The van der Waals surface area contributed by atoms with E-state index in [1.807, 2.05) is 20.8 Å². The van der Waals surface area contributed by atoms with Gasteiger partial charge in [0.15, 0.2) is 0 Å². The fraction of sp³-hybridized carbons (Fsp3) is 0.400. The summed E-state index contributed by atoms with van der Waals surface area (Å²) in [5, 5.41) is 2.79. The smallest absolute Gasteiger partial charge is 0.253 e. The van der Waals surface area contributed by atoms with Crippen molar-refractivity contribution in [1.29, 1.82) is 0 Å². The fourth-order valence-corrected chi connectivity index (χ4v) is 0.965. The maximum absolute atomic E-state index is 11.5. The first-order valence-corrected chi connectivity index (χ1v) is 4.40. The Morgan fingerprint density at radius 3 is 2.43 bits per heavy atom. The molecule has 0 radical (unpaired) electrons. The summed E-state index contributed by atoms with van der Waals surface area (Å²) in [4.78, 5) is 24.7. The zero-order valence-electron chi connectivity index (χ0n) is 8.55. The maximum Gasteiger partial charge on any atom is 0.253 e. The summed E-state index contributed by atoms with van der Waals surface area (Å²) in [6.45, 7) is 5.70. The topological polar surface area (TPSA) is 62.0 Å². The lowest BCUT2D eigenvalue weighted by Crippen LogP contribution is -2.40. The summed E-state index contributed by atoms with van der Waals surface area (Å²) in [5.74, 6) is -0.186. The van der Waals surface area contributed by atoms with Crippen molar-refractivity contribution < 1.29 is 4.79 Å². The lowest BCUT2D eigenvalue weighted by Gasteiger charge is -2.20. The summed E-state index contributed by atoms with van der Waals surface area (Å²) in [6.07, 6.45) is 1.41. The number of nitrogens with one attached hydrogen (secondary N) is 2. The molecule has 1 amide bonds. The van der Waals surface area contributed by atoms with E-state index >= 15 is 0 Å². The highest BCUT2D eigenvalue weighted by molar-refractivity contribution is 5.94. The number of H-pyrrole nitrogens is 1. The van der Waals surface area contributed by atoms with E-state index in [-0.39, 0.29) is 17.0 Å². The average molecular weight is 194 g/mol. The minimum atomic E-state index is -0.271. The zero-order chi connectivity index (χ0) is 10.8. The normalized spacial score (nSPS) is 11.1. The Hall–Kier alpha value is -1.58. The first-order chi connectivity index (χ1) is 6.38. The molecule has 76 valence electrons. The van der Waals surface area contributed by atoms with Gasteiger partial charge in [0.1, 0.15) is 0 Å². The van der Waals surface area contributed by atoms with Crippen LogP contribution in [0.5, 0.6) is 0 Å². The molecule has 0 aromatic carbocycles. The first-order valence-electron chi connectivity index (χ1n) is 4.40. The molecule has 0 atom stereocenters. The van der Waals surface area contributed by atoms with E-state index < -0.39 is 0 Å². The lowest BCUT2D eigenvalue weighted by molar-refractivity contribution is 0.0919. The molecular weight excluding hydrogens is 180 g/mol. The third-order valence-corrected chi connectivity index (χ3v) is 1.53. The van der Waals surface area contributed by atoms with Gasteiger partial charge in [0.2, 0.25) is 5.56 Å². The van der Waals surface area contributed by atoms with E-state index in [2.05, 4.69) is 10.3 Å². The van der Waals surface area contributed by atoms with Crippen molar-refractivity contribution in [2.75, 3.05) is 0 Å². The number of hydrogen-bond donors (Lipinski definition) is 2. The molecule has 0 spiro atoms. The van der Waals surface area contributed by atoms with E-state index in [1.165, 1.54) is 18.3 Å². The molecule has 14 heavy (non-hydrogen) atoms. The lowest BCUT2D eigenvalue weighted by atomic mass is 10.1. The third kappa shape index (κ3) is 3.05. The Morgan fingerprint density at radius 1 is 1.36 bits per heavy atom. The second kappa shape index (κ2) is 3.65. The van der Waals surface area contributed by atoms with Crippen LogP contribution < -0.4 is 10.9 Å². The summed E-state index contributed by atoms with van der Waals surface area (Å²) < 4.78 is 0. The van der Waals surface area contributed by atoms with Crippen molar-refractivity contribution in [2.45, 2.75) is 26.3 Å². The average Bonchev–Trinajstić information content (AvgIpc) is 2.02. The minimum Gasteiger partial charge on any atom is -0.347 e. The summed E-state index contributed by atoms with van der Waals surface area (Å²) in [5.41, 5.74) is -0.0235. The quantitative estimate of drug-likeness (QED) is 0.697. The second-order valence-electron chi connectivity index (χ2n) is 4.15. The predicted octanol–water partition coefficient (Wildman–Crippen LogP) is 0.903.